The summed E-state index contributed by atoms with van der Waals surface area (Å²) in [7, 11) is 0. The topological polar surface area (TPSA) is 87.1 Å². The Kier molecular flexibility index (Phi) is 3.06. The Labute approximate surface area is 79.9 Å². The molecule has 1 rings (SSSR count). The van der Waals surface area contributed by atoms with Crippen molar-refractivity contribution in [3.05, 3.63) is 23.5 Å². The van der Waals surface area contributed by atoms with Crippen LogP contribution in [0.4, 0.5) is 5.69 Å². The molecule has 5 nitrogen and oxygen atoms in total. The summed E-state index contributed by atoms with van der Waals surface area (Å²) in [6.45, 7) is 0. The highest BCUT2D eigenvalue weighted by molar-refractivity contribution is 6.29. The molecule has 3 N–H and O–H groups in total. The van der Waals surface area contributed by atoms with Crippen LogP contribution in [0.5, 0.6) is 0 Å². The lowest BCUT2D eigenvalue weighted by atomic mass is 10.4. The standard InChI is InChI=1S/C7H6ClN5/c8-6-2-1-5(3-11-6)13-7(10)12-4-9/h1-3H,(H3,10,12,13). The lowest BCUT2D eigenvalue weighted by Gasteiger charge is -2.01. The number of aliphatic imine (C=N–C) groups is 1. The Balaban J connectivity index is 2.71. The van der Waals surface area contributed by atoms with Crippen LogP contribution >= 0.6 is 11.6 Å². The number of guanidine groups is 1. The zero-order valence-corrected chi connectivity index (χ0v) is 7.28. The molecule has 0 atom stereocenters. The number of aromatic nitrogens is 1. The minimum Gasteiger partial charge on any atom is -0.369 e. The zero-order valence-electron chi connectivity index (χ0n) is 6.53. The number of nitriles is 1. The van der Waals surface area contributed by atoms with Crippen LogP contribution in [0.15, 0.2) is 23.3 Å². The minimum atomic E-state index is 0.0200. The molecular weight excluding hydrogens is 190 g/mol. The van der Waals surface area contributed by atoms with Crippen molar-refractivity contribution < 1.29 is 0 Å². The monoisotopic (exact) mass is 195 g/mol. The number of nitrogens with one attached hydrogen (secondary N) is 1. The highest BCUT2D eigenvalue weighted by Gasteiger charge is 1.94. The number of anilines is 1. The molecule has 0 unspecified atom stereocenters. The predicted octanol–water partition coefficient (Wildman–Crippen LogP) is 0.943. The molecule has 1 aromatic rings. The SMILES string of the molecule is N#C/N=C(\N)Nc1ccc(Cl)nc1. The summed E-state index contributed by atoms with van der Waals surface area (Å²) in [5.74, 6) is 0.0200. The number of pyridine rings is 1. The fourth-order valence-electron chi connectivity index (χ4n) is 0.679. The highest BCUT2D eigenvalue weighted by Crippen LogP contribution is 2.08. The zero-order chi connectivity index (χ0) is 9.68. The van der Waals surface area contributed by atoms with Gasteiger partial charge in [-0.3, -0.25) is 0 Å². The van der Waals surface area contributed by atoms with Gasteiger partial charge < -0.3 is 11.1 Å². The number of nitrogens with two attached hydrogens (primary N) is 1. The molecule has 0 saturated heterocycles. The van der Waals surface area contributed by atoms with Gasteiger partial charge in [0, 0.05) is 0 Å². The van der Waals surface area contributed by atoms with Crippen LogP contribution < -0.4 is 11.1 Å². The maximum Gasteiger partial charge on any atom is 0.209 e. The van der Waals surface area contributed by atoms with Crippen molar-refractivity contribution in [3.63, 3.8) is 0 Å². The summed E-state index contributed by atoms with van der Waals surface area (Å²) < 4.78 is 0. The molecule has 1 heterocycles. The molecule has 0 bridgehead atoms. The molecule has 1 aromatic heterocycles. The highest BCUT2D eigenvalue weighted by atomic mass is 35.5. The molecular formula is C7H6ClN5. The Hall–Kier alpha value is -1.80. The molecule has 0 aliphatic heterocycles. The second-order valence-corrected chi connectivity index (χ2v) is 2.48. The van der Waals surface area contributed by atoms with Crippen LogP contribution in [0.2, 0.25) is 5.15 Å². The Bertz CT molecular complexity index is 350. The summed E-state index contributed by atoms with van der Waals surface area (Å²) in [6, 6.07) is 3.28. The predicted molar refractivity (Wildman–Crippen MR) is 50.1 cm³/mol. The Morgan fingerprint density at radius 1 is 1.69 bits per heavy atom. The lowest BCUT2D eigenvalue weighted by molar-refractivity contribution is 1.32. The molecule has 0 radical (unpaired) electrons. The van der Waals surface area contributed by atoms with Crippen molar-refractivity contribution in [2.24, 2.45) is 10.7 Å². The van der Waals surface area contributed by atoms with Crippen LogP contribution in [-0.2, 0) is 0 Å². The van der Waals surface area contributed by atoms with Gasteiger partial charge in [-0.1, -0.05) is 11.6 Å². The maximum absolute atomic E-state index is 8.16. The average molecular weight is 196 g/mol. The first-order chi connectivity index (χ1) is 6.22. The average Bonchev–Trinajstić information content (AvgIpc) is 2.09. The van der Waals surface area contributed by atoms with E-state index < -0.39 is 0 Å². The van der Waals surface area contributed by atoms with Crippen molar-refractivity contribution >= 4 is 23.2 Å². The summed E-state index contributed by atoms with van der Waals surface area (Å²) in [6.07, 6.45) is 3.04. The van der Waals surface area contributed by atoms with Crippen molar-refractivity contribution in [1.82, 2.24) is 4.98 Å². The molecule has 0 amide bonds. The molecule has 0 aliphatic carbocycles. The van der Waals surface area contributed by atoms with Crippen LogP contribution in [0, 0.1) is 11.5 Å². The van der Waals surface area contributed by atoms with Gasteiger partial charge in [0.2, 0.25) is 12.2 Å². The van der Waals surface area contributed by atoms with E-state index in [9.17, 15) is 0 Å². The second kappa shape index (κ2) is 4.28. The largest absolute Gasteiger partial charge is 0.369 e. The first-order valence-corrected chi connectivity index (χ1v) is 3.71. The molecule has 0 saturated carbocycles. The molecule has 66 valence electrons. The van der Waals surface area contributed by atoms with Crippen molar-refractivity contribution in [1.29, 1.82) is 5.26 Å². The molecule has 6 heteroatoms. The smallest absolute Gasteiger partial charge is 0.209 e. The van der Waals surface area contributed by atoms with Gasteiger partial charge in [-0.15, -0.1) is 4.99 Å². The summed E-state index contributed by atoms with van der Waals surface area (Å²) >= 11 is 5.56. The van der Waals surface area contributed by atoms with Gasteiger partial charge in [0.25, 0.3) is 0 Å². The third kappa shape index (κ3) is 2.97. The summed E-state index contributed by atoms with van der Waals surface area (Å²) in [5.41, 5.74) is 5.94. The fraction of sp³-hybridized carbons (Fsp3) is 0. The van der Waals surface area contributed by atoms with Crippen LogP contribution in [0.3, 0.4) is 0 Å². The quantitative estimate of drug-likeness (QED) is 0.302. The summed E-state index contributed by atoms with van der Waals surface area (Å²) in [5, 5.41) is 11.2. The van der Waals surface area contributed by atoms with Crippen molar-refractivity contribution in [3.8, 4) is 6.19 Å². The number of nitrogens with zero attached hydrogens (tertiary/aromatic N) is 3. The van der Waals surface area contributed by atoms with E-state index in [4.69, 9.17) is 22.6 Å². The van der Waals surface area contributed by atoms with E-state index in [2.05, 4.69) is 15.3 Å². The molecule has 0 aliphatic rings. The Morgan fingerprint density at radius 2 is 2.46 bits per heavy atom. The lowest BCUT2D eigenvalue weighted by Crippen LogP contribution is -2.21. The molecule has 0 aromatic carbocycles. The van der Waals surface area contributed by atoms with E-state index in [-0.39, 0.29) is 5.96 Å². The van der Waals surface area contributed by atoms with E-state index in [1.54, 1.807) is 18.3 Å². The van der Waals surface area contributed by atoms with Gasteiger partial charge in [-0.25, -0.2) is 4.98 Å². The van der Waals surface area contributed by atoms with E-state index in [1.807, 2.05) is 0 Å². The third-order valence-electron chi connectivity index (χ3n) is 1.17. The number of rotatable bonds is 1. The van der Waals surface area contributed by atoms with Crippen LogP contribution in [-0.4, -0.2) is 10.9 Å². The van der Waals surface area contributed by atoms with Gasteiger partial charge in [-0.05, 0) is 12.1 Å². The summed E-state index contributed by atoms with van der Waals surface area (Å²) in [4.78, 5) is 7.07. The fourth-order valence-corrected chi connectivity index (χ4v) is 0.791. The van der Waals surface area contributed by atoms with Crippen LogP contribution in [0.1, 0.15) is 0 Å². The molecule has 13 heavy (non-hydrogen) atoms. The first kappa shape index (κ1) is 9.29. The minimum absolute atomic E-state index is 0.0200. The van der Waals surface area contributed by atoms with Crippen molar-refractivity contribution in [2.75, 3.05) is 5.32 Å². The van der Waals surface area contributed by atoms with E-state index >= 15 is 0 Å². The van der Waals surface area contributed by atoms with Gasteiger partial charge in [0.15, 0.2) is 0 Å². The number of halogens is 1. The van der Waals surface area contributed by atoms with Gasteiger partial charge in [-0.2, -0.15) is 5.26 Å². The van der Waals surface area contributed by atoms with E-state index in [1.165, 1.54) is 6.20 Å². The van der Waals surface area contributed by atoms with Gasteiger partial charge in [0.1, 0.15) is 5.15 Å². The van der Waals surface area contributed by atoms with E-state index in [0.717, 1.165) is 0 Å². The number of hydrogen-bond donors (Lipinski definition) is 2. The Morgan fingerprint density at radius 3 is 3.00 bits per heavy atom. The first-order valence-electron chi connectivity index (χ1n) is 3.33. The number of hydrogen-bond acceptors (Lipinski definition) is 3. The van der Waals surface area contributed by atoms with Gasteiger partial charge in [0.05, 0.1) is 11.9 Å². The normalized spacial score (nSPS) is 10.6. The van der Waals surface area contributed by atoms with Gasteiger partial charge >= 0.3 is 0 Å². The molecule has 0 spiro atoms. The second-order valence-electron chi connectivity index (χ2n) is 2.09. The maximum atomic E-state index is 8.16. The van der Waals surface area contributed by atoms with E-state index in [0.29, 0.717) is 10.8 Å². The third-order valence-corrected chi connectivity index (χ3v) is 1.39. The van der Waals surface area contributed by atoms with Crippen molar-refractivity contribution in [2.45, 2.75) is 0 Å². The molecule has 0 fully saturated rings. The van der Waals surface area contributed by atoms with Crippen LogP contribution in [0.25, 0.3) is 0 Å².